The zero-order valence-electron chi connectivity index (χ0n) is 14.7. The molecule has 1 N–H and O–H groups in total. The van der Waals surface area contributed by atoms with Crippen LogP contribution in [-0.4, -0.2) is 49.6 Å². The van der Waals surface area contributed by atoms with Crippen molar-refractivity contribution in [2.24, 2.45) is 0 Å². The lowest BCUT2D eigenvalue weighted by Crippen LogP contribution is -2.26. The van der Waals surface area contributed by atoms with Crippen LogP contribution in [0.25, 0.3) is 0 Å². The Bertz CT molecular complexity index is 399. The molecule has 4 nitrogen and oxygen atoms in total. The lowest BCUT2D eigenvalue weighted by Gasteiger charge is -2.20. The van der Waals surface area contributed by atoms with Gasteiger partial charge in [0.15, 0.2) is 0 Å². The van der Waals surface area contributed by atoms with Gasteiger partial charge in [-0.2, -0.15) is 0 Å². The van der Waals surface area contributed by atoms with Gasteiger partial charge in [-0.3, -0.25) is 4.90 Å². The van der Waals surface area contributed by atoms with Gasteiger partial charge in [-0.1, -0.05) is 20.8 Å². The van der Waals surface area contributed by atoms with Crippen molar-refractivity contribution in [3.05, 3.63) is 23.2 Å². The molecule has 0 atom stereocenters. The van der Waals surface area contributed by atoms with Crippen LogP contribution in [0.1, 0.15) is 44.3 Å². The molecule has 0 aliphatic rings. The third kappa shape index (κ3) is 7.11. The number of nitrogens with one attached hydrogen (secondary N) is 1. The van der Waals surface area contributed by atoms with Gasteiger partial charge >= 0.3 is 0 Å². The minimum absolute atomic E-state index is 0.483. The Kier molecular flexibility index (Phi) is 8.01. The van der Waals surface area contributed by atoms with Crippen LogP contribution in [0.4, 0.5) is 0 Å². The molecular weight excluding hydrogens is 262 g/mol. The van der Waals surface area contributed by atoms with Gasteiger partial charge in [0.05, 0.1) is 13.1 Å². The number of rotatable bonds is 10. The van der Waals surface area contributed by atoms with Crippen LogP contribution in [0.3, 0.4) is 0 Å². The second-order valence-electron chi connectivity index (χ2n) is 6.38. The van der Waals surface area contributed by atoms with E-state index < -0.39 is 0 Å². The normalized spacial score (nSPS) is 12.0. The van der Waals surface area contributed by atoms with Crippen molar-refractivity contribution in [3.63, 3.8) is 0 Å². The SMILES string of the molecule is CCN(CCCN(C)C)Cc1cc(C)c(CNC(C)C)o1. The average Bonchev–Trinajstić information content (AvgIpc) is 2.75. The maximum atomic E-state index is 6.01. The van der Waals surface area contributed by atoms with E-state index in [1.54, 1.807) is 0 Å². The molecule has 122 valence electrons. The zero-order chi connectivity index (χ0) is 15.8. The smallest absolute Gasteiger partial charge is 0.120 e. The van der Waals surface area contributed by atoms with Gasteiger partial charge in [0.2, 0.25) is 0 Å². The molecule has 21 heavy (non-hydrogen) atoms. The Morgan fingerprint density at radius 2 is 1.95 bits per heavy atom. The number of furan rings is 1. The highest BCUT2D eigenvalue weighted by Gasteiger charge is 2.11. The molecule has 0 amide bonds. The summed E-state index contributed by atoms with van der Waals surface area (Å²) < 4.78 is 6.01. The molecule has 1 rings (SSSR count). The molecule has 0 unspecified atom stereocenters. The van der Waals surface area contributed by atoms with E-state index in [4.69, 9.17) is 4.42 Å². The van der Waals surface area contributed by atoms with Gasteiger partial charge < -0.3 is 14.6 Å². The van der Waals surface area contributed by atoms with E-state index in [0.29, 0.717) is 6.04 Å². The summed E-state index contributed by atoms with van der Waals surface area (Å²) in [6.07, 6.45) is 1.20. The van der Waals surface area contributed by atoms with Crippen molar-refractivity contribution in [2.75, 3.05) is 33.7 Å². The fourth-order valence-corrected chi connectivity index (χ4v) is 2.32. The van der Waals surface area contributed by atoms with Crippen LogP contribution >= 0.6 is 0 Å². The summed E-state index contributed by atoms with van der Waals surface area (Å²) in [6.45, 7) is 13.7. The molecule has 1 heterocycles. The van der Waals surface area contributed by atoms with E-state index in [2.05, 4.69) is 63.0 Å². The highest BCUT2D eigenvalue weighted by Crippen LogP contribution is 2.16. The van der Waals surface area contributed by atoms with Gasteiger partial charge in [0.25, 0.3) is 0 Å². The standard InChI is InChI=1S/C17H33N3O/c1-7-20(10-8-9-19(5)6)13-16-11-15(4)17(21-16)12-18-14(2)3/h11,14,18H,7-10,12-13H2,1-6H3. The first kappa shape index (κ1) is 18.2. The topological polar surface area (TPSA) is 31.6 Å². The van der Waals surface area contributed by atoms with Crippen molar-refractivity contribution in [1.82, 2.24) is 15.1 Å². The maximum absolute atomic E-state index is 6.01. The van der Waals surface area contributed by atoms with Crippen LogP contribution in [0.15, 0.2) is 10.5 Å². The molecule has 0 fully saturated rings. The van der Waals surface area contributed by atoms with E-state index >= 15 is 0 Å². The van der Waals surface area contributed by atoms with Crippen LogP contribution in [-0.2, 0) is 13.1 Å². The second-order valence-corrected chi connectivity index (χ2v) is 6.38. The fourth-order valence-electron chi connectivity index (χ4n) is 2.32. The quantitative estimate of drug-likeness (QED) is 0.719. The third-order valence-electron chi connectivity index (χ3n) is 3.65. The molecule has 0 aliphatic carbocycles. The van der Waals surface area contributed by atoms with E-state index in [1.165, 1.54) is 12.0 Å². The summed E-state index contributed by atoms with van der Waals surface area (Å²) in [5.41, 5.74) is 1.25. The second kappa shape index (κ2) is 9.23. The molecule has 0 aliphatic heterocycles. The molecule has 0 spiro atoms. The molecule has 0 aromatic carbocycles. The molecular formula is C17H33N3O. The van der Waals surface area contributed by atoms with Gasteiger partial charge in [-0.05, 0) is 58.7 Å². The zero-order valence-corrected chi connectivity index (χ0v) is 14.7. The van der Waals surface area contributed by atoms with Gasteiger partial charge in [-0.15, -0.1) is 0 Å². The molecule has 1 aromatic rings. The van der Waals surface area contributed by atoms with Crippen molar-refractivity contribution < 1.29 is 4.42 Å². The van der Waals surface area contributed by atoms with E-state index in [1.807, 2.05) is 0 Å². The average molecular weight is 295 g/mol. The van der Waals surface area contributed by atoms with E-state index in [-0.39, 0.29) is 0 Å². The number of hydrogen-bond acceptors (Lipinski definition) is 4. The summed E-state index contributed by atoms with van der Waals surface area (Å²) in [6, 6.07) is 2.67. The first-order valence-electron chi connectivity index (χ1n) is 8.11. The first-order valence-corrected chi connectivity index (χ1v) is 8.11. The Morgan fingerprint density at radius 1 is 1.24 bits per heavy atom. The highest BCUT2D eigenvalue weighted by molar-refractivity contribution is 5.20. The Labute approximate surface area is 130 Å². The summed E-state index contributed by atoms with van der Waals surface area (Å²) in [7, 11) is 4.25. The number of aryl methyl sites for hydroxylation is 1. The molecule has 0 saturated heterocycles. The first-order chi connectivity index (χ1) is 9.92. The van der Waals surface area contributed by atoms with Crippen LogP contribution in [0.2, 0.25) is 0 Å². The van der Waals surface area contributed by atoms with Gasteiger partial charge in [0.1, 0.15) is 11.5 Å². The number of nitrogens with zero attached hydrogens (tertiary/aromatic N) is 2. The van der Waals surface area contributed by atoms with Crippen LogP contribution in [0.5, 0.6) is 0 Å². The van der Waals surface area contributed by atoms with E-state index in [9.17, 15) is 0 Å². The molecule has 1 aromatic heterocycles. The summed E-state index contributed by atoms with van der Waals surface area (Å²) >= 11 is 0. The minimum atomic E-state index is 0.483. The van der Waals surface area contributed by atoms with Gasteiger partial charge in [0, 0.05) is 6.04 Å². The lowest BCUT2D eigenvalue weighted by atomic mass is 10.2. The summed E-state index contributed by atoms with van der Waals surface area (Å²) in [5.74, 6) is 2.16. The van der Waals surface area contributed by atoms with Crippen molar-refractivity contribution in [3.8, 4) is 0 Å². The predicted octanol–water partition coefficient (Wildman–Crippen LogP) is 2.86. The van der Waals surface area contributed by atoms with E-state index in [0.717, 1.165) is 44.2 Å². The van der Waals surface area contributed by atoms with Crippen molar-refractivity contribution in [2.45, 2.75) is 53.2 Å². The van der Waals surface area contributed by atoms with Crippen molar-refractivity contribution in [1.29, 1.82) is 0 Å². The van der Waals surface area contributed by atoms with Gasteiger partial charge in [-0.25, -0.2) is 0 Å². The molecule has 0 saturated carbocycles. The van der Waals surface area contributed by atoms with Crippen LogP contribution < -0.4 is 5.32 Å². The molecule has 4 heteroatoms. The fraction of sp³-hybridized carbons (Fsp3) is 0.765. The maximum Gasteiger partial charge on any atom is 0.120 e. The molecule has 0 bridgehead atoms. The summed E-state index contributed by atoms with van der Waals surface area (Å²) in [4.78, 5) is 4.68. The van der Waals surface area contributed by atoms with Crippen molar-refractivity contribution >= 4 is 0 Å². The monoisotopic (exact) mass is 295 g/mol. The lowest BCUT2D eigenvalue weighted by molar-refractivity contribution is 0.237. The summed E-state index contributed by atoms with van der Waals surface area (Å²) in [5, 5.41) is 3.42. The Balaban J connectivity index is 2.50. The minimum Gasteiger partial charge on any atom is -0.463 e. The largest absolute Gasteiger partial charge is 0.463 e. The highest BCUT2D eigenvalue weighted by atomic mass is 16.3. The Morgan fingerprint density at radius 3 is 2.52 bits per heavy atom. The third-order valence-corrected chi connectivity index (χ3v) is 3.65. The number of hydrogen-bond donors (Lipinski definition) is 1. The Hall–Kier alpha value is -0.840. The predicted molar refractivity (Wildman–Crippen MR) is 89.5 cm³/mol. The van der Waals surface area contributed by atoms with Crippen LogP contribution in [0, 0.1) is 6.92 Å². The molecule has 0 radical (unpaired) electrons.